The van der Waals surface area contributed by atoms with E-state index >= 15 is 0 Å². The topological polar surface area (TPSA) is 78.7 Å². The number of carbonyl (C=O) groups excluding carboxylic acids is 1. The molecule has 1 unspecified atom stereocenters. The van der Waals surface area contributed by atoms with Gasteiger partial charge in [0.25, 0.3) is 5.91 Å². The van der Waals surface area contributed by atoms with E-state index in [0.29, 0.717) is 24.7 Å². The number of halogens is 1. The third-order valence-electron chi connectivity index (χ3n) is 4.16. The molecule has 0 aliphatic carbocycles. The Balaban J connectivity index is 0.00000176. The van der Waals surface area contributed by atoms with E-state index in [1.807, 2.05) is 0 Å². The van der Waals surface area contributed by atoms with Gasteiger partial charge in [-0.3, -0.25) is 19.8 Å². The minimum absolute atomic E-state index is 0. The highest BCUT2D eigenvalue weighted by Crippen LogP contribution is 2.24. The lowest BCUT2D eigenvalue weighted by atomic mass is 10.1. The van der Waals surface area contributed by atoms with E-state index in [9.17, 15) is 14.9 Å². The molecule has 0 aromatic carbocycles. The van der Waals surface area contributed by atoms with Crippen molar-refractivity contribution >= 4 is 34.7 Å². The van der Waals surface area contributed by atoms with E-state index in [1.165, 1.54) is 12.5 Å². The van der Waals surface area contributed by atoms with E-state index < -0.39 is 4.92 Å². The quantitative estimate of drug-likeness (QED) is 0.657. The highest BCUT2D eigenvalue weighted by Gasteiger charge is 2.28. The maximum absolute atomic E-state index is 12.3. The highest BCUT2D eigenvalue weighted by molar-refractivity contribution is 7.13. The fraction of sp³-hybridized carbons (Fsp3) is 0.615. The minimum Gasteiger partial charge on any atom is -0.336 e. The van der Waals surface area contributed by atoms with Crippen molar-refractivity contribution in [1.29, 1.82) is 0 Å². The van der Waals surface area contributed by atoms with Gasteiger partial charge in [-0.1, -0.05) is 11.3 Å². The normalized spacial score (nSPS) is 22.4. The lowest BCUT2D eigenvalue weighted by Crippen LogP contribution is -2.52. The van der Waals surface area contributed by atoms with E-state index in [0.717, 1.165) is 37.5 Å². The Bertz CT molecular complexity index is 539. The molecule has 3 rings (SSSR count). The van der Waals surface area contributed by atoms with Crippen LogP contribution in [0.1, 0.15) is 16.8 Å². The molecule has 7 nitrogen and oxygen atoms in total. The lowest BCUT2D eigenvalue weighted by Gasteiger charge is -2.37. The Hall–Kier alpha value is -1.22. The molecule has 1 aromatic rings. The number of nitro groups is 1. The number of nitrogens with zero attached hydrogens (tertiary/aromatic N) is 3. The fourth-order valence-corrected chi connectivity index (χ4v) is 3.65. The molecular weight excluding hydrogens is 328 g/mol. The van der Waals surface area contributed by atoms with Crippen LogP contribution in [0.4, 0.5) is 5.00 Å². The molecule has 0 saturated carbocycles. The van der Waals surface area contributed by atoms with Crippen molar-refractivity contribution in [2.75, 3.05) is 39.3 Å². The van der Waals surface area contributed by atoms with Gasteiger partial charge in [0, 0.05) is 50.2 Å². The summed E-state index contributed by atoms with van der Waals surface area (Å²) in [6.07, 6.45) is 1.17. The molecule has 3 heterocycles. The molecule has 0 bridgehead atoms. The molecule has 1 N–H and O–H groups in total. The van der Waals surface area contributed by atoms with Gasteiger partial charge in [0.2, 0.25) is 0 Å². The monoisotopic (exact) mass is 346 g/mol. The number of carbonyl (C=O) groups is 1. The van der Waals surface area contributed by atoms with E-state index in [2.05, 4.69) is 10.2 Å². The van der Waals surface area contributed by atoms with Crippen LogP contribution in [0.2, 0.25) is 0 Å². The molecule has 2 fully saturated rings. The first-order chi connectivity index (χ1) is 10.1. The van der Waals surface area contributed by atoms with Crippen molar-refractivity contribution in [2.24, 2.45) is 0 Å². The third-order valence-corrected chi connectivity index (χ3v) is 5.04. The molecule has 1 amide bonds. The maximum atomic E-state index is 12.3. The van der Waals surface area contributed by atoms with Gasteiger partial charge in [0.15, 0.2) is 0 Å². The Morgan fingerprint density at radius 2 is 2.09 bits per heavy atom. The first kappa shape index (κ1) is 17.1. The average Bonchev–Trinajstić information content (AvgIpc) is 3.18. The number of nitrogens with one attached hydrogen (secondary N) is 1. The zero-order chi connectivity index (χ0) is 14.8. The molecule has 9 heteroatoms. The van der Waals surface area contributed by atoms with Crippen LogP contribution in [-0.4, -0.2) is 65.9 Å². The van der Waals surface area contributed by atoms with Crippen LogP contribution in [0.5, 0.6) is 0 Å². The third kappa shape index (κ3) is 3.57. The first-order valence-corrected chi connectivity index (χ1v) is 8.00. The van der Waals surface area contributed by atoms with Crippen molar-refractivity contribution in [3.05, 3.63) is 27.1 Å². The molecule has 22 heavy (non-hydrogen) atoms. The van der Waals surface area contributed by atoms with Gasteiger partial charge in [-0.15, -0.1) is 12.4 Å². The second kappa shape index (κ2) is 7.36. The van der Waals surface area contributed by atoms with Crippen molar-refractivity contribution in [2.45, 2.75) is 12.5 Å². The largest absolute Gasteiger partial charge is 0.336 e. The zero-order valence-corrected chi connectivity index (χ0v) is 13.7. The summed E-state index contributed by atoms with van der Waals surface area (Å²) in [5.41, 5.74) is 0.433. The van der Waals surface area contributed by atoms with Crippen LogP contribution >= 0.6 is 23.7 Å². The Labute approximate surface area is 138 Å². The summed E-state index contributed by atoms with van der Waals surface area (Å²) in [4.78, 5) is 26.8. The van der Waals surface area contributed by atoms with Crippen LogP contribution in [0, 0.1) is 10.1 Å². The molecule has 0 spiro atoms. The lowest BCUT2D eigenvalue weighted by molar-refractivity contribution is -0.380. The fourth-order valence-electron chi connectivity index (χ4n) is 2.96. The van der Waals surface area contributed by atoms with Gasteiger partial charge in [0.1, 0.15) is 0 Å². The standard InChI is InChI=1S/C13H18N4O3S.ClH/c18-13(10-7-12(17(19)20)21-9-10)16-5-3-15(4-6-16)11-1-2-14-8-11;/h7,9,11,14H,1-6,8H2;1H. The number of piperazine rings is 1. The second-order valence-corrected chi connectivity index (χ2v) is 6.30. The van der Waals surface area contributed by atoms with Crippen molar-refractivity contribution in [1.82, 2.24) is 15.1 Å². The zero-order valence-electron chi connectivity index (χ0n) is 12.1. The van der Waals surface area contributed by atoms with Crippen LogP contribution in [0.3, 0.4) is 0 Å². The van der Waals surface area contributed by atoms with E-state index in [4.69, 9.17) is 0 Å². The van der Waals surface area contributed by atoms with Crippen LogP contribution in [0.15, 0.2) is 11.4 Å². The summed E-state index contributed by atoms with van der Waals surface area (Å²) in [7, 11) is 0. The predicted octanol–water partition coefficient (Wildman–Crippen LogP) is 1.20. The molecule has 2 aliphatic rings. The Morgan fingerprint density at radius 3 is 2.64 bits per heavy atom. The summed E-state index contributed by atoms with van der Waals surface area (Å²) >= 11 is 1.01. The Morgan fingerprint density at radius 1 is 1.36 bits per heavy atom. The first-order valence-electron chi connectivity index (χ1n) is 7.12. The van der Waals surface area contributed by atoms with Gasteiger partial charge >= 0.3 is 5.00 Å². The van der Waals surface area contributed by atoms with Gasteiger partial charge in [0.05, 0.1) is 10.5 Å². The average molecular weight is 347 g/mol. The number of amides is 1. The summed E-state index contributed by atoms with van der Waals surface area (Å²) in [6.45, 7) is 5.25. The molecule has 0 radical (unpaired) electrons. The van der Waals surface area contributed by atoms with Crippen molar-refractivity contribution < 1.29 is 9.72 Å². The van der Waals surface area contributed by atoms with Crippen LogP contribution in [0.25, 0.3) is 0 Å². The van der Waals surface area contributed by atoms with E-state index in [-0.39, 0.29) is 23.3 Å². The number of hydrogen-bond acceptors (Lipinski definition) is 6. The maximum Gasteiger partial charge on any atom is 0.324 e. The van der Waals surface area contributed by atoms with Crippen LogP contribution < -0.4 is 5.32 Å². The second-order valence-electron chi connectivity index (χ2n) is 5.41. The van der Waals surface area contributed by atoms with Gasteiger partial charge in [-0.25, -0.2) is 0 Å². The number of rotatable bonds is 3. The van der Waals surface area contributed by atoms with Crippen molar-refractivity contribution in [3.8, 4) is 0 Å². The summed E-state index contributed by atoms with van der Waals surface area (Å²) < 4.78 is 0. The molecule has 1 atom stereocenters. The molecule has 122 valence electrons. The summed E-state index contributed by atoms with van der Waals surface area (Å²) in [6, 6.07) is 1.96. The van der Waals surface area contributed by atoms with Gasteiger partial charge in [-0.2, -0.15) is 0 Å². The summed E-state index contributed by atoms with van der Waals surface area (Å²) in [5, 5.41) is 15.6. The molecule has 2 saturated heterocycles. The number of thiophene rings is 1. The molecular formula is C13H19ClN4O3S. The molecule has 1 aromatic heterocycles. The summed E-state index contributed by atoms with van der Waals surface area (Å²) in [5.74, 6) is -0.0939. The van der Waals surface area contributed by atoms with Crippen molar-refractivity contribution in [3.63, 3.8) is 0 Å². The predicted molar refractivity (Wildman–Crippen MR) is 87.0 cm³/mol. The minimum atomic E-state index is -0.452. The number of hydrogen-bond donors (Lipinski definition) is 1. The van der Waals surface area contributed by atoms with Crippen LogP contribution in [-0.2, 0) is 0 Å². The highest BCUT2D eigenvalue weighted by atomic mass is 35.5. The van der Waals surface area contributed by atoms with Gasteiger partial charge < -0.3 is 10.2 Å². The Kier molecular flexibility index (Phi) is 5.74. The van der Waals surface area contributed by atoms with Gasteiger partial charge in [-0.05, 0) is 13.0 Å². The van der Waals surface area contributed by atoms with E-state index in [1.54, 1.807) is 10.3 Å². The smallest absolute Gasteiger partial charge is 0.324 e. The molecule has 2 aliphatic heterocycles. The SMILES string of the molecule is Cl.O=C(c1csc([N+](=O)[O-])c1)N1CCN(C2CCNC2)CC1.